The third-order valence-electron chi connectivity index (χ3n) is 6.63. The molecule has 2 atom stereocenters. The number of hydrogen-bond acceptors (Lipinski definition) is 7. The first kappa shape index (κ1) is 33.1. The molecule has 0 saturated carbocycles. The number of benzene rings is 2. The van der Waals surface area contributed by atoms with E-state index >= 15 is 0 Å². The van der Waals surface area contributed by atoms with Crippen LogP contribution in [0.5, 0.6) is 0 Å². The lowest BCUT2D eigenvalue weighted by Crippen LogP contribution is -2.48. The molecule has 2 aromatic carbocycles. The van der Waals surface area contributed by atoms with Crippen molar-refractivity contribution in [3.63, 3.8) is 0 Å². The molecule has 3 rings (SSSR count). The molecule has 0 bridgehead atoms. The number of ether oxygens (including phenoxy) is 1. The van der Waals surface area contributed by atoms with Crippen LogP contribution in [0.1, 0.15) is 40.4 Å². The Bertz CT molecular complexity index is 1420. The summed E-state index contributed by atoms with van der Waals surface area (Å²) in [6.45, 7) is 3.08. The summed E-state index contributed by atoms with van der Waals surface area (Å²) in [7, 11) is -2.16. The molecule has 0 unspecified atom stereocenters. The maximum atomic E-state index is 13.9. The predicted molar refractivity (Wildman–Crippen MR) is 158 cm³/mol. The van der Waals surface area contributed by atoms with Crippen LogP contribution in [-0.4, -0.2) is 69.6 Å². The second-order valence-electron chi connectivity index (χ2n) is 10.0. The van der Waals surface area contributed by atoms with Crippen LogP contribution in [0.2, 0.25) is 0 Å². The molecule has 0 radical (unpaired) electrons. The van der Waals surface area contributed by atoms with Crippen LogP contribution < -0.4 is 14.9 Å². The van der Waals surface area contributed by atoms with E-state index in [0.29, 0.717) is 19.6 Å². The average molecular weight is 605 g/mol. The smallest absolute Gasteiger partial charge is 0.253 e. The molecule has 9 nitrogen and oxygen atoms in total. The molecule has 228 valence electrons. The minimum Gasteiger partial charge on any atom is -0.390 e. The third-order valence-corrected chi connectivity index (χ3v) is 7.82. The number of aliphatic hydroxyl groups is 1. The minimum absolute atomic E-state index is 0.0554. The number of carbonyl (C=O) groups excluding carboxylic acids is 1. The van der Waals surface area contributed by atoms with E-state index in [1.165, 1.54) is 31.1 Å². The second-order valence-corrected chi connectivity index (χ2v) is 12.0. The number of nitrogens with zero attached hydrogens (tertiary/aromatic N) is 2. The Hall–Kier alpha value is -3.45. The summed E-state index contributed by atoms with van der Waals surface area (Å²) in [6.07, 6.45) is 3.79. The fourth-order valence-electron chi connectivity index (χ4n) is 4.51. The number of halogens is 2. The largest absolute Gasteiger partial charge is 0.390 e. The molecule has 0 aliphatic heterocycles. The molecule has 0 fully saturated rings. The number of aliphatic hydroxyl groups excluding tert-OH is 1. The first-order valence-electron chi connectivity index (χ1n) is 13.6. The van der Waals surface area contributed by atoms with Gasteiger partial charge in [-0.05, 0) is 54.2 Å². The highest BCUT2D eigenvalue weighted by Crippen LogP contribution is 2.19. The lowest BCUT2D eigenvalue weighted by Gasteiger charge is -2.26. The molecule has 1 aromatic heterocycles. The maximum absolute atomic E-state index is 13.9. The summed E-state index contributed by atoms with van der Waals surface area (Å²) in [4.78, 5) is 17.4. The van der Waals surface area contributed by atoms with Gasteiger partial charge in [-0.1, -0.05) is 31.2 Å². The van der Waals surface area contributed by atoms with Gasteiger partial charge in [0.25, 0.3) is 5.91 Å². The fourth-order valence-corrected chi connectivity index (χ4v) is 5.45. The van der Waals surface area contributed by atoms with Crippen LogP contribution in [0.4, 0.5) is 14.5 Å². The molecule has 0 saturated heterocycles. The molecule has 0 spiro atoms. The van der Waals surface area contributed by atoms with E-state index in [1.807, 2.05) is 18.2 Å². The van der Waals surface area contributed by atoms with Crippen molar-refractivity contribution in [3.05, 3.63) is 94.8 Å². The molecule has 3 aromatic rings. The van der Waals surface area contributed by atoms with E-state index < -0.39 is 39.7 Å². The van der Waals surface area contributed by atoms with E-state index in [2.05, 4.69) is 28.6 Å². The minimum atomic E-state index is -3.68. The summed E-state index contributed by atoms with van der Waals surface area (Å²) in [5.41, 5.74) is 2.71. The van der Waals surface area contributed by atoms with Gasteiger partial charge in [-0.2, -0.15) is 0 Å². The lowest BCUT2D eigenvalue weighted by atomic mass is 10.00. The quantitative estimate of drug-likeness (QED) is 0.215. The molecular weight excluding hydrogens is 566 g/mol. The number of carbonyl (C=O) groups is 1. The van der Waals surface area contributed by atoms with Crippen molar-refractivity contribution in [2.24, 2.45) is 0 Å². The highest BCUT2D eigenvalue weighted by atomic mass is 32.2. The maximum Gasteiger partial charge on any atom is 0.253 e. The molecule has 42 heavy (non-hydrogen) atoms. The zero-order chi connectivity index (χ0) is 30.7. The van der Waals surface area contributed by atoms with Gasteiger partial charge in [0.2, 0.25) is 10.0 Å². The van der Waals surface area contributed by atoms with Crippen molar-refractivity contribution in [1.29, 1.82) is 0 Å². The molecule has 1 heterocycles. The van der Waals surface area contributed by atoms with Crippen molar-refractivity contribution >= 4 is 21.6 Å². The highest BCUT2D eigenvalue weighted by Gasteiger charge is 2.24. The molecular formula is C30H38F2N4O5S. The van der Waals surface area contributed by atoms with Gasteiger partial charge >= 0.3 is 0 Å². The zero-order valence-electron chi connectivity index (χ0n) is 24.0. The number of methoxy groups -OCH3 is 1. The Morgan fingerprint density at radius 1 is 1.07 bits per heavy atom. The van der Waals surface area contributed by atoms with Crippen molar-refractivity contribution < 1.29 is 31.8 Å². The Kier molecular flexibility index (Phi) is 12.3. The number of amides is 1. The first-order valence-corrected chi connectivity index (χ1v) is 15.5. The first-order chi connectivity index (χ1) is 20.0. The lowest BCUT2D eigenvalue weighted by molar-refractivity contribution is 0.0829. The van der Waals surface area contributed by atoms with Crippen molar-refractivity contribution in [2.75, 3.05) is 37.4 Å². The number of anilines is 1. The number of rotatable bonds is 16. The number of aromatic nitrogens is 1. The Labute approximate surface area is 246 Å². The number of nitrogens with one attached hydrogen (secondary N) is 2. The van der Waals surface area contributed by atoms with E-state index in [0.717, 1.165) is 40.7 Å². The zero-order valence-corrected chi connectivity index (χ0v) is 24.8. The summed E-state index contributed by atoms with van der Waals surface area (Å²) < 4.78 is 58.8. The number of pyridine rings is 1. The van der Waals surface area contributed by atoms with Crippen LogP contribution in [0, 0.1) is 11.6 Å². The van der Waals surface area contributed by atoms with Gasteiger partial charge in [0.15, 0.2) is 0 Å². The van der Waals surface area contributed by atoms with Crippen molar-refractivity contribution in [1.82, 2.24) is 15.6 Å². The molecule has 3 N–H and O–H groups in total. The van der Waals surface area contributed by atoms with Crippen molar-refractivity contribution in [2.45, 2.75) is 44.9 Å². The van der Waals surface area contributed by atoms with Gasteiger partial charge in [0.1, 0.15) is 11.6 Å². The summed E-state index contributed by atoms with van der Waals surface area (Å²) in [5.74, 6) is -2.18. The van der Waals surface area contributed by atoms with Crippen LogP contribution in [0.15, 0.2) is 60.9 Å². The van der Waals surface area contributed by atoms with E-state index in [9.17, 15) is 27.1 Å². The highest BCUT2D eigenvalue weighted by molar-refractivity contribution is 7.92. The van der Waals surface area contributed by atoms with Gasteiger partial charge in [-0.25, -0.2) is 17.2 Å². The summed E-state index contributed by atoms with van der Waals surface area (Å²) >= 11 is 0. The number of sulfonamides is 1. The van der Waals surface area contributed by atoms with Gasteiger partial charge in [-0.15, -0.1) is 0 Å². The van der Waals surface area contributed by atoms with Gasteiger partial charge in [0.05, 0.1) is 35.8 Å². The van der Waals surface area contributed by atoms with E-state index in [-0.39, 0.29) is 36.3 Å². The van der Waals surface area contributed by atoms with Gasteiger partial charge < -0.3 is 20.5 Å². The third kappa shape index (κ3) is 10.1. The van der Waals surface area contributed by atoms with Gasteiger partial charge in [0, 0.05) is 45.6 Å². The van der Waals surface area contributed by atoms with Crippen LogP contribution in [0.25, 0.3) is 0 Å². The van der Waals surface area contributed by atoms with E-state index in [4.69, 9.17) is 4.74 Å². The average Bonchev–Trinajstić information content (AvgIpc) is 2.94. The second kappa shape index (κ2) is 15.7. The fraction of sp³-hybridized carbons (Fsp3) is 0.400. The summed E-state index contributed by atoms with van der Waals surface area (Å²) in [5, 5.41) is 17.0. The Morgan fingerprint density at radius 3 is 2.45 bits per heavy atom. The van der Waals surface area contributed by atoms with Crippen LogP contribution >= 0.6 is 0 Å². The molecule has 0 aliphatic rings. The topological polar surface area (TPSA) is 121 Å². The molecule has 1 amide bonds. The van der Waals surface area contributed by atoms with Crippen LogP contribution in [0.3, 0.4) is 0 Å². The monoisotopic (exact) mass is 604 g/mol. The van der Waals surface area contributed by atoms with Crippen molar-refractivity contribution in [3.8, 4) is 0 Å². The normalized spacial score (nSPS) is 13.0. The van der Waals surface area contributed by atoms with Crippen LogP contribution in [-0.2, 0) is 34.1 Å². The Morgan fingerprint density at radius 2 is 1.79 bits per heavy atom. The predicted octanol–water partition coefficient (Wildman–Crippen LogP) is 3.22. The Balaban J connectivity index is 1.79. The van der Waals surface area contributed by atoms with Gasteiger partial charge in [-0.3, -0.25) is 14.1 Å². The van der Waals surface area contributed by atoms with E-state index in [1.54, 1.807) is 0 Å². The number of aryl methyl sites for hydroxylation is 1. The molecule has 0 aliphatic carbocycles. The standard InChI is InChI=1S/C30H38F2N4O5S/c1-4-21-7-5-8-22(11-21)17-33-20-29(37)28(14-23-12-25(31)16-26(32)13-23)35-30(38)24-15-27(19-34-18-24)36(42(3,39)40)9-6-10-41-2/h5,7-8,11-13,15-16,18-19,28-29,33,37H,4,6,9-10,14,17,20H2,1-3H3,(H,35,38)/t28-,29+/m0/s1. The SMILES string of the molecule is CCc1cccc(CNC[C@@H](O)[C@H](Cc2cc(F)cc(F)c2)NC(=O)c2cncc(N(CCCOC)S(C)(=O)=O)c2)c1. The molecule has 12 heteroatoms. The number of hydrogen-bond donors (Lipinski definition) is 3. The summed E-state index contributed by atoms with van der Waals surface area (Å²) in [6, 6.07) is 11.5.